The third kappa shape index (κ3) is 2.23. The van der Waals surface area contributed by atoms with Crippen molar-refractivity contribution in [2.24, 2.45) is 0 Å². The van der Waals surface area contributed by atoms with Gasteiger partial charge in [0.1, 0.15) is 5.58 Å². The van der Waals surface area contributed by atoms with Crippen molar-refractivity contribution in [2.45, 2.75) is 13.8 Å². The van der Waals surface area contributed by atoms with Gasteiger partial charge in [0.05, 0.1) is 0 Å². The number of carbonyl (C=O) groups is 1. The predicted molar refractivity (Wildman–Crippen MR) is 80.6 cm³/mol. The van der Waals surface area contributed by atoms with Crippen LogP contribution in [0, 0.1) is 13.8 Å². The molecule has 3 heteroatoms. The Kier molecular flexibility index (Phi) is 3.11. The summed E-state index contributed by atoms with van der Waals surface area (Å²) in [6.07, 6.45) is 0. The van der Waals surface area contributed by atoms with Crippen LogP contribution in [0.15, 0.2) is 46.9 Å². The SMILES string of the molecule is Cc1ccc2oc(C(=O)c3ccc(Cl)cc3C)cc2c1. The Hall–Kier alpha value is -2.06. The molecule has 0 atom stereocenters. The lowest BCUT2D eigenvalue weighted by molar-refractivity contribution is 0.101. The first-order chi connectivity index (χ1) is 9.54. The van der Waals surface area contributed by atoms with Crippen molar-refractivity contribution in [2.75, 3.05) is 0 Å². The average Bonchev–Trinajstić information content (AvgIpc) is 2.81. The van der Waals surface area contributed by atoms with E-state index in [1.165, 1.54) is 0 Å². The quantitative estimate of drug-likeness (QED) is 0.624. The van der Waals surface area contributed by atoms with E-state index >= 15 is 0 Å². The van der Waals surface area contributed by atoms with E-state index in [-0.39, 0.29) is 5.78 Å². The molecule has 0 amide bonds. The Morgan fingerprint density at radius 3 is 2.60 bits per heavy atom. The monoisotopic (exact) mass is 284 g/mol. The van der Waals surface area contributed by atoms with Crippen molar-refractivity contribution in [3.8, 4) is 0 Å². The minimum atomic E-state index is -0.118. The zero-order valence-corrected chi connectivity index (χ0v) is 12.0. The molecule has 3 rings (SSSR count). The maximum absolute atomic E-state index is 12.5. The molecule has 0 N–H and O–H groups in total. The molecular formula is C17H13ClO2. The molecular weight excluding hydrogens is 272 g/mol. The molecule has 2 nitrogen and oxygen atoms in total. The second-order valence-electron chi connectivity index (χ2n) is 4.94. The first-order valence-electron chi connectivity index (χ1n) is 6.35. The van der Waals surface area contributed by atoms with E-state index in [0.717, 1.165) is 22.1 Å². The van der Waals surface area contributed by atoms with Gasteiger partial charge >= 0.3 is 0 Å². The number of benzene rings is 2. The van der Waals surface area contributed by atoms with Crippen LogP contribution in [-0.4, -0.2) is 5.78 Å². The smallest absolute Gasteiger partial charge is 0.228 e. The van der Waals surface area contributed by atoms with E-state index in [0.29, 0.717) is 16.3 Å². The Balaban J connectivity index is 2.08. The molecule has 0 saturated carbocycles. The number of carbonyl (C=O) groups excluding carboxylic acids is 1. The standard InChI is InChI=1S/C17H13ClO2/c1-10-3-6-15-12(7-10)9-16(20-15)17(19)14-5-4-13(18)8-11(14)2/h3-9H,1-2H3. The Morgan fingerprint density at radius 1 is 1.05 bits per heavy atom. The average molecular weight is 285 g/mol. The maximum atomic E-state index is 12.5. The first kappa shape index (κ1) is 12.9. The van der Waals surface area contributed by atoms with Crippen molar-refractivity contribution in [3.63, 3.8) is 0 Å². The van der Waals surface area contributed by atoms with Crippen LogP contribution in [0.2, 0.25) is 5.02 Å². The van der Waals surface area contributed by atoms with Crippen molar-refractivity contribution in [1.82, 2.24) is 0 Å². The van der Waals surface area contributed by atoms with E-state index < -0.39 is 0 Å². The normalized spacial score (nSPS) is 10.9. The number of fused-ring (bicyclic) bond motifs is 1. The van der Waals surface area contributed by atoms with Crippen LogP contribution in [0.3, 0.4) is 0 Å². The Morgan fingerprint density at radius 2 is 1.85 bits per heavy atom. The van der Waals surface area contributed by atoms with E-state index in [1.807, 2.05) is 32.0 Å². The number of rotatable bonds is 2. The van der Waals surface area contributed by atoms with Gasteiger partial charge in [0.25, 0.3) is 0 Å². The summed E-state index contributed by atoms with van der Waals surface area (Å²) in [5.74, 6) is 0.240. The van der Waals surface area contributed by atoms with E-state index in [9.17, 15) is 4.79 Å². The van der Waals surface area contributed by atoms with Crippen molar-refractivity contribution in [3.05, 3.63) is 69.9 Å². The number of hydrogen-bond donors (Lipinski definition) is 0. The van der Waals surface area contributed by atoms with Crippen LogP contribution < -0.4 is 0 Å². The molecule has 0 spiro atoms. The highest BCUT2D eigenvalue weighted by Crippen LogP contribution is 2.24. The summed E-state index contributed by atoms with van der Waals surface area (Å²) in [7, 11) is 0. The number of hydrogen-bond acceptors (Lipinski definition) is 2. The van der Waals surface area contributed by atoms with E-state index in [2.05, 4.69) is 0 Å². The van der Waals surface area contributed by atoms with Crippen LogP contribution in [0.25, 0.3) is 11.0 Å². The number of halogens is 1. The van der Waals surface area contributed by atoms with Gasteiger partial charge in [-0.25, -0.2) is 0 Å². The van der Waals surface area contributed by atoms with Crippen molar-refractivity contribution >= 4 is 28.4 Å². The minimum Gasteiger partial charge on any atom is -0.453 e. The molecule has 0 fully saturated rings. The van der Waals surface area contributed by atoms with Gasteiger partial charge in [-0.1, -0.05) is 23.2 Å². The fraction of sp³-hybridized carbons (Fsp3) is 0.118. The minimum absolute atomic E-state index is 0.118. The highest BCUT2D eigenvalue weighted by atomic mass is 35.5. The maximum Gasteiger partial charge on any atom is 0.228 e. The van der Waals surface area contributed by atoms with Crippen LogP contribution in [0.5, 0.6) is 0 Å². The van der Waals surface area contributed by atoms with Gasteiger partial charge in [0.2, 0.25) is 5.78 Å². The highest BCUT2D eigenvalue weighted by Gasteiger charge is 2.16. The fourth-order valence-corrected chi connectivity index (χ4v) is 2.52. The summed E-state index contributed by atoms with van der Waals surface area (Å²) in [4.78, 5) is 12.5. The summed E-state index contributed by atoms with van der Waals surface area (Å²) in [5.41, 5.74) is 3.33. The van der Waals surface area contributed by atoms with Gasteiger partial charge in [-0.3, -0.25) is 4.79 Å². The van der Waals surface area contributed by atoms with E-state index in [1.54, 1.807) is 24.3 Å². The van der Waals surface area contributed by atoms with Crippen molar-refractivity contribution in [1.29, 1.82) is 0 Å². The molecule has 0 radical (unpaired) electrons. The van der Waals surface area contributed by atoms with Gasteiger partial charge < -0.3 is 4.42 Å². The van der Waals surface area contributed by atoms with Crippen LogP contribution in [-0.2, 0) is 0 Å². The molecule has 1 aromatic heterocycles. The van der Waals surface area contributed by atoms with Crippen LogP contribution in [0.1, 0.15) is 27.2 Å². The van der Waals surface area contributed by atoms with Gasteiger partial charge in [-0.2, -0.15) is 0 Å². The topological polar surface area (TPSA) is 30.2 Å². The molecule has 1 heterocycles. The first-order valence-corrected chi connectivity index (χ1v) is 6.73. The van der Waals surface area contributed by atoms with Gasteiger partial charge in [-0.05, 0) is 55.8 Å². The zero-order chi connectivity index (χ0) is 14.3. The Bertz CT molecular complexity index is 815. The predicted octanol–water partition coefficient (Wildman–Crippen LogP) is 4.93. The molecule has 2 aromatic carbocycles. The second-order valence-corrected chi connectivity index (χ2v) is 5.38. The summed E-state index contributed by atoms with van der Waals surface area (Å²) < 4.78 is 5.64. The zero-order valence-electron chi connectivity index (χ0n) is 11.2. The molecule has 0 aliphatic carbocycles. The summed E-state index contributed by atoms with van der Waals surface area (Å²) in [5, 5.41) is 1.57. The lowest BCUT2D eigenvalue weighted by Gasteiger charge is -2.02. The van der Waals surface area contributed by atoms with Gasteiger partial charge in [-0.15, -0.1) is 0 Å². The molecule has 0 aliphatic heterocycles. The Labute approximate surface area is 122 Å². The second kappa shape index (κ2) is 4.80. The summed E-state index contributed by atoms with van der Waals surface area (Å²) in [6, 6.07) is 12.9. The van der Waals surface area contributed by atoms with Crippen LogP contribution >= 0.6 is 11.6 Å². The molecule has 20 heavy (non-hydrogen) atoms. The molecule has 0 saturated heterocycles. The molecule has 0 bridgehead atoms. The van der Waals surface area contributed by atoms with Gasteiger partial charge in [0.15, 0.2) is 5.76 Å². The van der Waals surface area contributed by atoms with Crippen molar-refractivity contribution < 1.29 is 9.21 Å². The lowest BCUT2D eigenvalue weighted by Crippen LogP contribution is -2.01. The van der Waals surface area contributed by atoms with Gasteiger partial charge in [0, 0.05) is 16.0 Å². The molecule has 0 unspecified atom stereocenters. The number of aryl methyl sites for hydroxylation is 2. The third-order valence-corrected chi connectivity index (χ3v) is 3.56. The molecule has 3 aromatic rings. The largest absolute Gasteiger partial charge is 0.453 e. The highest BCUT2D eigenvalue weighted by molar-refractivity contribution is 6.30. The number of ketones is 1. The third-order valence-electron chi connectivity index (χ3n) is 3.33. The van der Waals surface area contributed by atoms with E-state index in [4.69, 9.17) is 16.0 Å². The number of furan rings is 1. The lowest BCUT2D eigenvalue weighted by atomic mass is 10.0. The summed E-state index contributed by atoms with van der Waals surface area (Å²) >= 11 is 5.91. The molecule has 0 aliphatic rings. The summed E-state index contributed by atoms with van der Waals surface area (Å²) in [6.45, 7) is 3.88. The van der Waals surface area contributed by atoms with Crippen LogP contribution in [0.4, 0.5) is 0 Å². The fourth-order valence-electron chi connectivity index (χ4n) is 2.29. The molecule has 100 valence electrons.